The Morgan fingerprint density at radius 1 is 1.03 bits per heavy atom. The van der Waals surface area contributed by atoms with Gasteiger partial charge in [0.25, 0.3) is 0 Å². The Hall–Kier alpha value is -2.89. The molecule has 1 heterocycles. The second kappa shape index (κ2) is 11.3. The Labute approximate surface area is 199 Å². The number of hydrogen-bond donors (Lipinski definition) is 4. The minimum Gasteiger partial charge on any atom is -0.490 e. The molecule has 1 amide bonds. The van der Waals surface area contributed by atoms with E-state index in [0.29, 0.717) is 31.1 Å². The molecular formula is C22H28N4O5S2. The van der Waals surface area contributed by atoms with Crippen LogP contribution in [-0.4, -0.2) is 39.2 Å². The molecule has 178 valence electrons. The maximum atomic E-state index is 12.5. The van der Waals surface area contributed by atoms with Crippen LogP contribution in [0.15, 0.2) is 41.3 Å². The zero-order valence-electron chi connectivity index (χ0n) is 18.6. The van der Waals surface area contributed by atoms with Gasteiger partial charge in [-0.15, -0.1) is 0 Å². The van der Waals surface area contributed by atoms with Crippen molar-refractivity contribution < 1.29 is 22.7 Å². The van der Waals surface area contributed by atoms with Crippen LogP contribution in [0.5, 0.6) is 11.5 Å². The normalized spacial score (nSPS) is 13.0. The summed E-state index contributed by atoms with van der Waals surface area (Å²) in [7, 11) is -3.73. The molecule has 9 nitrogen and oxygen atoms in total. The molecule has 0 unspecified atom stereocenters. The lowest BCUT2D eigenvalue weighted by molar-refractivity contribution is -0.121. The summed E-state index contributed by atoms with van der Waals surface area (Å²) in [6.07, 6.45) is 1.16. The highest BCUT2D eigenvalue weighted by molar-refractivity contribution is 7.89. The molecule has 2 aromatic carbocycles. The molecular weight excluding hydrogens is 464 g/mol. The number of sulfonamides is 1. The van der Waals surface area contributed by atoms with Gasteiger partial charge in [0.05, 0.1) is 18.1 Å². The fourth-order valence-electron chi connectivity index (χ4n) is 3.15. The summed E-state index contributed by atoms with van der Waals surface area (Å²) in [5, 5.41) is 3.27. The van der Waals surface area contributed by atoms with Gasteiger partial charge in [0.15, 0.2) is 16.6 Å². The van der Waals surface area contributed by atoms with E-state index in [1.165, 1.54) is 12.1 Å². The summed E-state index contributed by atoms with van der Waals surface area (Å²) < 4.78 is 38.6. The number of thiocarbonyl (C=S) groups is 1. The third kappa shape index (κ3) is 7.31. The summed E-state index contributed by atoms with van der Waals surface area (Å²) in [6, 6.07) is 10.4. The van der Waals surface area contributed by atoms with Gasteiger partial charge in [0, 0.05) is 31.1 Å². The number of benzene rings is 2. The first-order valence-electron chi connectivity index (χ1n) is 10.6. The highest BCUT2D eigenvalue weighted by atomic mass is 32.2. The van der Waals surface area contributed by atoms with E-state index in [4.69, 9.17) is 21.7 Å². The molecule has 1 aliphatic heterocycles. The predicted octanol–water partition coefficient (Wildman–Crippen LogP) is 2.54. The molecule has 0 fully saturated rings. The molecule has 0 saturated carbocycles. The lowest BCUT2D eigenvalue weighted by Crippen LogP contribution is -2.44. The lowest BCUT2D eigenvalue weighted by Gasteiger charge is -2.14. The van der Waals surface area contributed by atoms with Crippen molar-refractivity contribution in [2.75, 3.05) is 25.1 Å². The summed E-state index contributed by atoms with van der Waals surface area (Å²) in [5.74, 6) is 0.626. The third-order valence-electron chi connectivity index (χ3n) is 4.85. The molecule has 0 bridgehead atoms. The van der Waals surface area contributed by atoms with Gasteiger partial charge in [-0.2, -0.15) is 0 Å². The largest absolute Gasteiger partial charge is 0.490 e. The van der Waals surface area contributed by atoms with Crippen LogP contribution in [0, 0.1) is 13.8 Å². The van der Waals surface area contributed by atoms with Gasteiger partial charge in [0.2, 0.25) is 15.9 Å². The van der Waals surface area contributed by atoms with Crippen molar-refractivity contribution >= 4 is 38.9 Å². The summed E-state index contributed by atoms with van der Waals surface area (Å²) in [4.78, 5) is 12.1. The second-order valence-electron chi connectivity index (χ2n) is 7.61. The summed E-state index contributed by atoms with van der Waals surface area (Å²) in [6.45, 7) is 5.07. The molecule has 0 atom stereocenters. The SMILES string of the molecule is Cc1ccc(NC(=S)NNC(=O)CCCNS(=O)(=O)c2ccc3c(c2)OCCCO3)c(C)c1. The minimum absolute atomic E-state index is 0.0840. The van der Waals surface area contributed by atoms with Crippen molar-refractivity contribution in [3.8, 4) is 11.5 Å². The Balaban J connectivity index is 1.39. The first-order valence-corrected chi connectivity index (χ1v) is 12.5. The van der Waals surface area contributed by atoms with Gasteiger partial charge in [-0.05, 0) is 56.2 Å². The van der Waals surface area contributed by atoms with E-state index in [-0.39, 0.29) is 28.9 Å². The topological polar surface area (TPSA) is 118 Å². The Morgan fingerprint density at radius 2 is 1.79 bits per heavy atom. The average molecular weight is 493 g/mol. The molecule has 0 aliphatic carbocycles. The second-order valence-corrected chi connectivity index (χ2v) is 9.78. The molecule has 0 saturated heterocycles. The molecule has 0 radical (unpaired) electrons. The lowest BCUT2D eigenvalue weighted by atomic mass is 10.1. The van der Waals surface area contributed by atoms with E-state index >= 15 is 0 Å². The number of carbonyl (C=O) groups is 1. The monoisotopic (exact) mass is 492 g/mol. The van der Waals surface area contributed by atoms with Crippen molar-refractivity contribution in [1.82, 2.24) is 15.6 Å². The van der Waals surface area contributed by atoms with Crippen molar-refractivity contribution in [1.29, 1.82) is 0 Å². The van der Waals surface area contributed by atoms with Crippen LogP contribution >= 0.6 is 12.2 Å². The highest BCUT2D eigenvalue weighted by Gasteiger charge is 2.18. The standard InChI is InChI=1S/C22H28N4O5S2/c1-15-6-8-18(16(2)13-15)24-22(32)26-25-21(27)5-3-10-23-33(28,29)17-7-9-19-20(14-17)31-12-4-11-30-19/h6-9,13-14,23H,3-5,10-12H2,1-2H3,(H,25,27)(H2,24,26,32). The third-order valence-corrected chi connectivity index (χ3v) is 6.51. The number of rotatable bonds is 7. The Kier molecular flexibility index (Phi) is 8.48. The van der Waals surface area contributed by atoms with E-state index in [2.05, 4.69) is 20.9 Å². The Bertz CT molecular complexity index is 1120. The van der Waals surface area contributed by atoms with E-state index in [1.807, 2.05) is 32.0 Å². The van der Waals surface area contributed by atoms with Gasteiger partial charge in [0.1, 0.15) is 0 Å². The number of carbonyl (C=O) groups excluding carboxylic acids is 1. The van der Waals surface area contributed by atoms with Gasteiger partial charge in [-0.1, -0.05) is 17.7 Å². The molecule has 0 spiro atoms. The number of anilines is 1. The van der Waals surface area contributed by atoms with Crippen LogP contribution in [-0.2, 0) is 14.8 Å². The van der Waals surface area contributed by atoms with Crippen LogP contribution in [0.4, 0.5) is 5.69 Å². The van der Waals surface area contributed by atoms with Crippen LogP contribution in [0.3, 0.4) is 0 Å². The first-order chi connectivity index (χ1) is 15.7. The first kappa shape index (κ1) is 24.7. The van der Waals surface area contributed by atoms with Gasteiger partial charge < -0.3 is 14.8 Å². The average Bonchev–Trinajstić information content (AvgIpc) is 3.02. The molecule has 11 heteroatoms. The minimum atomic E-state index is -3.73. The fraction of sp³-hybridized carbons (Fsp3) is 0.364. The fourth-order valence-corrected chi connectivity index (χ4v) is 4.40. The van der Waals surface area contributed by atoms with E-state index in [0.717, 1.165) is 23.2 Å². The van der Waals surface area contributed by atoms with Gasteiger partial charge in [-0.25, -0.2) is 13.1 Å². The highest BCUT2D eigenvalue weighted by Crippen LogP contribution is 2.31. The summed E-state index contributed by atoms with van der Waals surface area (Å²) >= 11 is 5.19. The number of nitrogens with one attached hydrogen (secondary N) is 4. The number of fused-ring (bicyclic) bond motifs is 1. The molecule has 0 aromatic heterocycles. The number of aryl methyl sites for hydroxylation is 2. The molecule has 33 heavy (non-hydrogen) atoms. The number of hydrazine groups is 1. The zero-order chi connectivity index (χ0) is 23.8. The molecule has 1 aliphatic rings. The zero-order valence-corrected chi connectivity index (χ0v) is 20.2. The van der Waals surface area contributed by atoms with Crippen molar-refractivity contribution in [2.24, 2.45) is 0 Å². The number of hydrogen-bond acceptors (Lipinski definition) is 6. The predicted molar refractivity (Wildman–Crippen MR) is 130 cm³/mol. The maximum absolute atomic E-state index is 12.5. The molecule has 3 rings (SSSR count). The van der Waals surface area contributed by atoms with Crippen molar-refractivity contribution in [3.05, 3.63) is 47.5 Å². The van der Waals surface area contributed by atoms with Crippen LogP contribution in [0.1, 0.15) is 30.4 Å². The number of ether oxygens (including phenoxy) is 2. The van der Waals surface area contributed by atoms with Crippen LogP contribution < -0.4 is 30.4 Å². The van der Waals surface area contributed by atoms with E-state index in [1.54, 1.807) is 6.07 Å². The summed E-state index contributed by atoms with van der Waals surface area (Å²) in [5.41, 5.74) is 8.17. The van der Waals surface area contributed by atoms with Crippen LogP contribution in [0.2, 0.25) is 0 Å². The van der Waals surface area contributed by atoms with Crippen molar-refractivity contribution in [3.63, 3.8) is 0 Å². The Morgan fingerprint density at radius 3 is 2.55 bits per heavy atom. The quantitative estimate of drug-likeness (QED) is 0.265. The van der Waals surface area contributed by atoms with Crippen LogP contribution in [0.25, 0.3) is 0 Å². The molecule has 4 N–H and O–H groups in total. The smallest absolute Gasteiger partial charge is 0.240 e. The van der Waals surface area contributed by atoms with Gasteiger partial charge in [-0.3, -0.25) is 15.6 Å². The maximum Gasteiger partial charge on any atom is 0.240 e. The van der Waals surface area contributed by atoms with Gasteiger partial charge >= 0.3 is 0 Å². The van der Waals surface area contributed by atoms with Crippen molar-refractivity contribution in [2.45, 2.75) is 38.0 Å². The number of amides is 1. The molecule has 2 aromatic rings. The van der Waals surface area contributed by atoms with E-state index < -0.39 is 10.0 Å². The van der Waals surface area contributed by atoms with E-state index in [9.17, 15) is 13.2 Å².